The van der Waals surface area contributed by atoms with Gasteiger partial charge in [0.15, 0.2) is 11.5 Å². The van der Waals surface area contributed by atoms with Crippen molar-refractivity contribution >= 4 is 11.9 Å². The Morgan fingerprint density at radius 3 is 1.43 bits per heavy atom. The third-order valence-corrected chi connectivity index (χ3v) is 5.41. The monoisotopic (exact) mass is 492 g/mol. The molecule has 192 valence electrons. The van der Waals surface area contributed by atoms with E-state index in [2.05, 4.69) is 0 Å². The lowest BCUT2D eigenvalue weighted by Gasteiger charge is -2.24. The van der Waals surface area contributed by atoms with E-state index in [0.717, 1.165) is 0 Å². The van der Waals surface area contributed by atoms with E-state index in [1.807, 2.05) is 0 Å². The topological polar surface area (TPSA) is 166 Å². The van der Waals surface area contributed by atoms with Gasteiger partial charge in [-0.25, -0.2) is 0 Å². The fourth-order valence-corrected chi connectivity index (χ4v) is 3.77. The first kappa shape index (κ1) is 27.6. The number of aromatic nitrogens is 2. The number of pyridine rings is 2. The van der Waals surface area contributed by atoms with Gasteiger partial charge in [0.25, 0.3) is 11.1 Å². The number of aliphatic carboxylic acids is 2. The average molecular weight is 493 g/mol. The van der Waals surface area contributed by atoms with Crippen LogP contribution < -0.4 is 11.1 Å². The highest BCUT2D eigenvalue weighted by Gasteiger charge is 2.13. The molecule has 2 heterocycles. The Kier molecular flexibility index (Phi) is 11.0. The third kappa shape index (κ3) is 9.63. The number of carbonyl (C=O) groups is 2. The number of rotatable bonds is 16. The number of carboxylic acids is 2. The van der Waals surface area contributed by atoms with Crippen LogP contribution in [-0.2, 0) is 22.7 Å². The van der Waals surface area contributed by atoms with Crippen molar-refractivity contribution in [3.8, 4) is 11.5 Å². The van der Waals surface area contributed by atoms with Gasteiger partial charge in [0.1, 0.15) is 0 Å². The molecule has 0 aliphatic heterocycles. The zero-order valence-corrected chi connectivity index (χ0v) is 19.5. The highest BCUT2D eigenvalue weighted by molar-refractivity contribution is 5.69. The van der Waals surface area contributed by atoms with E-state index in [4.69, 9.17) is 0 Å². The van der Waals surface area contributed by atoms with Gasteiger partial charge in [0.2, 0.25) is 0 Å². The maximum absolute atomic E-state index is 11.9. The molecule has 0 aliphatic rings. The van der Waals surface area contributed by atoms with Gasteiger partial charge in [-0.15, -0.1) is 0 Å². The maximum atomic E-state index is 11.9. The zero-order valence-electron chi connectivity index (χ0n) is 19.5. The second kappa shape index (κ2) is 13.9. The summed E-state index contributed by atoms with van der Waals surface area (Å²) in [5.74, 6) is -2.67. The summed E-state index contributed by atoms with van der Waals surface area (Å²) in [6.07, 6.45) is 4.62. The van der Waals surface area contributed by atoms with E-state index in [0.29, 0.717) is 58.5 Å². The van der Waals surface area contributed by atoms with Gasteiger partial charge in [-0.3, -0.25) is 29.0 Å². The molecule has 12 nitrogen and oxygen atoms in total. The minimum atomic E-state index is -0.988. The molecule has 0 atom stereocenters. The van der Waals surface area contributed by atoms with Crippen LogP contribution in [0, 0.1) is 0 Å². The van der Waals surface area contributed by atoms with Gasteiger partial charge in [-0.2, -0.15) is 0 Å². The number of hydrogen-bond acceptors (Lipinski definition) is 8. The Morgan fingerprint density at radius 1 is 0.686 bits per heavy atom. The van der Waals surface area contributed by atoms with E-state index in [1.54, 1.807) is 34.3 Å². The van der Waals surface area contributed by atoms with Crippen LogP contribution in [-0.4, -0.2) is 90.6 Å². The molecule has 0 aromatic carbocycles. The molecule has 0 unspecified atom stereocenters. The van der Waals surface area contributed by atoms with Crippen LogP contribution in [0.1, 0.15) is 19.3 Å². The summed E-state index contributed by atoms with van der Waals surface area (Å²) in [5.41, 5.74) is -1.01. The van der Waals surface area contributed by atoms with Crippen molar-refractivity contribution in [2.75, 3.05) is 39.3 Å². The fraction of sp³-hybridized carbons (Fsp3) is 0.478. The van der Waals surface area contributed by atoms with E-state index >= 15 is 0 Å². The lowest BCUT2D eigenvalue weighted by Crippen LogP contribution is -2.37. The van der Waals surface area contributed by atoms with Crippen molar-refractivity contribution in [3.05, 3.63) is 57.4 Å². The Bertz CT molecular complexity index is 1010. The Balaban J connectivity index is 1.85. The Hall–Kier alpha value is -3.64. The lowest BCUT2D eigenvalue weighted by molar-refractivity contribution is -0.139. The predicted octanol–water partition coefficient (Wildman–Crippen LogP) is 0.0649. The lowest BCUT2D eigenvalue weighted by atomic mass is 10.2. The van der Waals surface area contributed by atoms with Crippen LogP contribution in [0.3, 0.4) is 0 Å². The number of aromatic hydroxyl groups is 2. The zero-order chi connectivity index (χ0) is 25.8. The quantitative estimate of drug-likeness (QED) is 0.252. The fourth-order valence-electron chi connectivity index (χ4n) is 3.77. The van der Waals surface area contributed by atoms with E-state index in [9.17, 15) is 39.6 Å². The van der Waals surface area contributed by atoms with E-state index in [-0.39, 0.29) is 24.6 Å². The maximum Gasteiger partial charge on any atom is 0.317 e. The van der Waals surface area contributed by atoms with Crippen LogP contribution in [0.4, 0.5) is 0 Å². The summed E-state index contributed by atoms with van der Waals surface area (Å²) in [6, 6.07) is 5.72. The molecular weight excluding hydrogens is 460 g/mol. The number of nitrogens with zero attached hydrogens (tertiary/aromatic N) is 4. The first-order valence-electron chi connectivity index (χ1n) is 11.3. The predicted molar refractivity (Wildman–Crippen MR) is 127 cm³/mol. The van der Waals surface area contributed by atoms with Crippen molar-refractivity contribution in [1.82, 2.24) is 18.9 Å². The molecule has 2 aromatic heterocycles. The van der Waals surface area contributed by atoms with Crippen molar-refractivity contribution in [2.45, 2.75) is 32.4 Å². The summed E-state index contributed by atoms with van der Waals surface area (Å²) >= 11 is 0. The molecule has 2 rings (SSSR count). The summed E-state index contributed by atoms with van der Waals surface area (Å²) in [5, 5.41) is 37.5. The Morgan fingerprint density at radius 2 is 1.06 bits per heavy atom. The summed E-state index contributed by atoms with van der Waals surface area (Å²) < 4.78 is 2.72. The molecule has 0 fully saturated rings. The third-order valence-electron chi connectivity index (χ3n) is 5.41. The van der Waals surface area contributed by atoms with Crippen LogP contribution in [0.25, 0.3) is 0 Å². The number of aryl methyl sites for hydroxylation is 2. The molecule has 0 saturated carbocycles. The van der Waals surface area contributed by atoms with E-state index in [1.165, 1.54) is 21.3 Å². The van der Waals surface area contributed by atoms with Crippen LogP contribution >= 0.6 is 0 Å². The second-order valence-corrected chi connectivity index (χ2v) is 8.18. The first-order valence-corrected chi connectivity index (χ1v) is 11.3. The SMILES string of the molecule is O=C(O)CN(CCCN(CCCn1cccc(O)c1=O)CC(=O)O)CCCn1cccc(O)c1=O. The largest absolute Gasteiger partial charge is 0.503 e. The van der Waals surface area contributed by atoms with Crippen molar-refractivity contribution in [2.24, 2.45) is 0 Å². The Labute approximate surface area is 201 Å². The summed E-state index contributed by atoms with van der Waals surface area (Å²) in [4.78, 5) is 49.7. The first-order chi connectivity index (χ1) is 16.7. The summed E-state index contributed by atoms with van der Waals surface area (Å²) in [6.45, 7) is 1.93. The van der Waals surface area contributed by atoms with Crippen molar-refractivity contribution in [1.29, 1.82) is 0 Å². The van der Waals surface area contributed by atoms with Crippen LogP contribution in [0.15, 0.2) is 46.2 Å². The molecule has 0 bridgehead atoms. The van der Waals surface area contributed by atoms with Gasteiger partial charge in [-0.05, 0) is 56.6 Å². The molecule has 2 aromatic rings. The minimum Gasteiger partial charge on any atom is -0.503 e. The molecule has 0 saturated heterocycles. The van der Waals surface area contributed by atoms with Gasteiger partial charge in [0, 0.05) is 38.6 Å². The highest BCUT2D eigenvalue weighted by atomic mass is 16.4. The van der Waals surface area contributed by atoms with Crippen molar-refractivity contribution < 1.29 is 30.0 Å². The van der Waals surface area contributed by atoms with Gasteiger partial charge in [0.05, 0.1) is 13.1 Å². The van der Waals surface area contributed by atoms with Gasteiger partial charge >= 0.3 is 11.9 Å². The standard InChI is InChI=1S/C23H32N4O8/c28-18-6-1-12-26(22(18)34)14-4-10-24(16-20(30)31)8-3-9-25(17-21(32)33)11-5-15-27-13-2-7-19(29)23(27)35/h1-2,6-7,12-13,28-29H,3-5,8-11,14-17H2,(H,30,31)(H,32,33). The average Bonchev–Trinajstić information content (AvgIpc) is 2.78. The van der Waals surface area contributed by atoms with Crippen molar-refractivity contribution in [3.63, 3.8) is 0 Å². The second-order valence-electron chi connectivity index (χ2n) is 8.18. The molecule has 4 N–H and O–H groups in total. The van der Waals surface area contributed by atoms with Gasteiger partial charge in [-0.1, -0.05) is 0 Å². The minimum absolute atomic E-state index is 0.186. The van der Waals surface area contributed by atoms with Gasteiger partial charge < -0.3 is 29.6 Å². The van der Waals surface area contributed by atoms with Crippen LogP contribution in [0.2, 0.25) is 0 Å². The summed E-state index contributed by atoms with van der Waals surface area (Å²) in [7, 11) is 0. The molecular formula is C23H32N4O8. The molecule has 0 radical (unpaired) electrons. The van der Waals surface area contributed by atoms with E-state index < -0.39 is 23.1 Å². The van der Waals surface area contributed by atoms with Crippen LogP contribution in [0.5, 0.6) is 11.5 Å². The number of hydrogen-bond donors (Lipinski definition) is 4. The number of carboxylic acid groups (broad SMARTS) is 2. The molecule has 0 amide bonds. The molecule has 12 heteroatoms. The highest BCUT2D eigenvalue weighted by Crippen LogP contribution is 2.03. The smallest absolute Gasteiger partial charge is 0.317 e. The molecule has 35 heavy (non-hydrogen) atoms. The molecule has 0 spiro atoms. The normalized spacial score (nSPS) is 11.3. The molecule has 0 aliphatic carbocycles.